The highest BCUT2D eigenvalue weighted by Gasteiger charge is 2.08. The van der Waals surface area contributed by atoms with Crippen LogP contribution in [0.2, 0.25) is 0 Å². The van der Waals surface area contributed by atoms with E-state index in [2.05, 4.69) is 9.97 Å². The number of rotatable bonds is 0. The Labute approximate surface area is 67.1 Å². The smallest absolute Gasteiger partial charge is 0.319 e. The van der Waals surface area contributed by atoms with Crippen LogP contribution in [0.3, 0.4) is 0 Å². The molecule has 5 N–H and O–H groups in total. The Balaban J connectivity index is 2.86. The first kappa shape index (κ1) is 7.05. The maximum absolute atomic E-state index is 10.8. The Bertz CT molecular complexity index is 492. The summed E-state index contributed by atoms with van der Waals surface area (Å²) in [6.45, 7) is 0. The highest BCUT2D eigenvalue weighted by molar-refractivity contribution is 6.14. The van der Waals surface area contributed by atoms with Crippen LogP contribution in [-0.4, -0.2) is 21.7 Å². The van der Waals surface area contributed by atoms with Gasteiger partial charge >= 0.3 is 5.69 Å². The number of hydrogen-bond acceptors (Lipinski definition) is 3. The van der Waals surface area contributed by atoms with E-state index in [1.54, 1.807) is 12.2 Å². The SMILES string of the molecule is N=C1C=c2[nH]c(=O)[nH]c2=CC1N. The summed E-state index contributed by atoms with van der Waals surface area (Å²) in [5.41, 5.74) is 5.59. The number of imidazole rings is 1. The van der Waals surface area contributed by atoms with Gasteiger partial charge in [0.15, 0.2) is 0 Å². The summed E-state index contributed by atoms with van der Waals surface area (Å²) in [6.07, 6.45) is 3.20. The molecule has 1 aliphatic rings. The molecule has 12 heavy (non-hydrogen) atoms. The van der Waals surface area contributed by atoms with Gasteiger partial charge in [0, 0.05) is 0 Å². The fourth-order valence-electron chi connectivity index (χ4n) is 1.18. The molecule has 0 fully saturated rings. The molecule has 5 nitrogen and oxygen atoms in total. The second-order valence-electron chi connectivity index (χ2n) is 2.70. The van der Waals surface area contributed by atoms with Crippen LogP contribution < -0.4 is 22.1 Å². The number of H-pyrrole nitrogens is 2. The van der Waals surface area contributed by atoms with E-state index >= 15 is 0 Å². The normalized spacial score (nSPS) is 21.1. The second kappa shape index (κ2) is 2.18. The van der Waals surface area contributed by atoms with Gasteiger partial charge in [-0.2, -0.15) is 0 Å². The van der Waals surface area contributed by atoms with Crippen LogP contribution in [0, 0.1) is 5.41 Å². The van der Waals surface area contributed by atoms with Crippen molar-refractivity contribution in [2.75, 3.05) is 0 Å². The molecule has 0 saturated heterocycles. The van der Waals surface area contributed by atoms with Crippen molar-refractivity contribution in [3.05, 3.63) is 21.2 Å². The Hall–Kier alpha value is -1.62. The zero-order valence-corrected chi connectivity index (χ0v) is 6.22. The van der Waals surface area contributed by atoms with Gasteiger partial charge in [-0.15, -0.1) is 0 Å². The standard InChI is InChI=1S/C7H8N4O/c8-3-1-5-6(2-4(3)9)11-7(12)10-5/h1-3,9H,8H2,(H2,10,11,12). The van der Waals surface area contributed by atoms with Crippen molar-refractivity contribution >= 4 is 17.9 Å². The van der Waals surface area contributed by atoms with Crippen molar-refractivity contribution in [2.24, 2.45) is 5.73 Å². The van der Waals surface area contributed by atoms with E-state index < -0.39 is 6.04 Å². The summed E-state index contributed by atoms with van der Waals surface area (Å²) in [7, 11) is 0. The van der Waals surface area contributed by atoms with E-state index in [1.165, 1.54) is 0 Å². The van der Waals surface area contributed by atoms with Gasteiger partial charge in [-0.3, -0.25) is 0 Å². The second-order valence-corrected chi connectivity index (χ2v) is 2.70. The van der Waals surface area contributed by atoms with Crippen molar-refractivity contribution in [2.45, 2.75) is 6.04 Å². The molecule has 1 aromatic rings. The highest BCUT2D eigenvalue weighted by atomic mass is 16.1. The third kappa shape index (κ3) is 0.911. The molecule has 2 rings (SSSR count). The van der Waals surface area contributed by atoms with E-state index in [-0.39, 0.29) is 5.69 Å². The van der Waals surface area contributed by atoms with Crippen LogP contribution in [-0.2, 0) is 0 Å². The maximum Gasteiger partial charge on any atom is 0.323 e. The lowest BCUT2D eigenvalue weighted by Gasteiger charge is -2.05. The Morgan fingerprint density at radius 2 is 2.08 bits per heavy atom. The average molecular weight is 164 g/mol. The summed E-state index contributed by atoms with van der Waals surface area (Å²) in [6, 6.07) is -0.413. The van der Waals surface area contributed by atoms with Gasteiger partial charge in [0.05, 0.1) is 22.5 Å². The first-order valence-corrected chi connectivity index (χ1v) is 3.53. The third-order valence-corrected chi connectivity index (χ3v) is 1.79. The molecule has 0 aromatic carbocycles. The number of aromatic amines is 2. The molecule has 1 heterocycles. The van der Waals surface area contributed by atoms with Gasteiger partial charge < -0.3 is 21.1 Å². The molecule has 1 atom stereocenters. The van der Waals surface area contributed by atoms with Gasteiger partial charge in [-0.05, 0) is 12.2 Å². The largest absolute Gasteiger partial charge is 0.323 e. The van der Waals surface area contributed by atoms with Crippen molar-refractivity contribution in [3.8, 4) is 0 Å². The van der Waals surface area contributed by atoms with Crippen LogP contribution in [0.1, 0.15) is 0 Å². The quantitative estimate of drug-likeness (QED) is 0.344. The molecule has 0 bridgehead atoms. The molecule has 1 unspecified atom stereocenters. The minimum atomic E-state index is -0.413. The van der Waals surface area contributed by atoms with Crippen molar-refractivity contribution in [1.29, 1.82) is 5.41 Å². The Kier molecular flexibility index (Phi) is 1.28. The first-order chi connectivity index (χ1) is 5.66. The minimum Gasteiger partial charge on any atom is -0.319 e. The number of aromatic nitrogens is 2. The van der Waals surface area contributed by atoms with Crippen molar-refractivity contribution in [3.63, 3.8) is 0 Å². The number of nitrogens with one attached hydrogen (secondary N) is 3. The van der Waals surface area contributed by atoms with Crippen molar-refractivity contribution in [1.82, 2.24) is 9.97 Å². The lowest BCUT2D eigenvalue weighted by atomic mass is 10.1. The molecule has 0 radical (unpaired) electrons. The predicted octanol–water partition coefficient (Wildman–Crippen LogP) is -2.38. The maximum atomic E-state index is 10.8. The molecule has 5 heteroatoms. The third-order valence-electron chi connectivity index (χ3n) is 1.79. The van der Waals surface area contributed by atoms with Crippen LogP contribution in [0.25, 0.3) is 12.2 Å². The summed E-state index contributed by atoms with van der Waals surface area (Å²) < 4.78 is 0. The van der Waals surface area contributed by atoms with Gasteiger partial charge in [-0.1, -0.05) is 0 Å². The monoisotopic (exact) mass is 164 g/mol. The van der Waals surface area contributed by atoms with Crippen LogP contribution >= 0.6 is 0 Å². The van der Waals surface area contributed by atoms with E-state index in [9.17, 15) is 4.79 Å². The number of hydrogen-bond donors (Lipinski definition) is 4. The van der Waals surface area contributed by atoms with Crippen LogP contribution in [0.5, 0.6) is 0 Å². The molecule has 62 valence electrons. The number of fused-ring (bicyclic) bond motifs is 1. The summed E-state index contributed by atoms with van der Waals surface area (Å²) in [5.74, 6) is 0. The molecule has 0 saturated carbocycles. The Morgan fingerprint density at radius 3 is 2.83 bits per heavy atom. The zero-order valence-electron chi connectivity index (χ0n) is 6.22. The molecule has 1 aliphatic carbocycles. The predicted molar refractivity (Wildman–Crippen MR) is 45.3 cm³/mol. The summed E-state index contributed by atoms with van der Waals surface area (Å²) >= 11 is 0. The molecule has 0 spiro atoms. The zero-order chi connectivity index (χ0) is 8.72. The van der Waals surface area contributed by atoms with Crippen LogP contribution in [0.4, 0.5) is 0 Å². The van der Waals surface area contributed by atoms with Crippen molar-refractivity contribution < 1.29 is 0 Å². The number of nitrogens with two attached hydrogens (primary N) is 1. The average Bonchev–Trinajstić information content (AvgIpc) is 2.30. The summed E-state index contributed by atoms with van der Waals surface area (Å²) in [4.78, 5) is 15.9. The van der Waals surface area contributed by atoms with Crippen LogP contribution in [0.15, 0.2) is 4.79 Å². The van der Waals surface area contributed by atoms with E-state index in [0.29, 0.717) is 16.4 Å². The Morgan fingerprint density at radius 1 is 1.42 bits per heavy atom. The fourth-order valence-corrected chi connectivity index (χ4v) is 1.18. The topological polar surface area (TPSA) is 98.5 Å². The first-order valence-electron chi connectivity index (χ1n) is 3.53. The minimum absolute atomic E-state index is 0.269. The highest BCUT2D eigenvalue weighted by Crippen LogP contribution is 1.87. The summed E-state index contributed by atoms with van der Waals surface area (Å²) in [5, 5.41) is 8.69. The molecule has 1 aromatic heterocycles. The van der Waals surface area contributed by atoms with E-state index in [0.717, 1.165) is 0 Å². The molecule has 0 aliphatic heterocycles. The van der Waals surface area contributed by atoms with Gasteiger partial charge in [0.25, 0.3) is 0 Å². The van der Waals surface area contributed by atoms with E-state index in [4.69, 9.17) is 11.1 Å². The molecule has 0 amide bonds. The molecular formula is C7H8N4O. The lowest BCUT2D eigenvalue weighted by molar-refractivity contribution is 1.10. The van der Waals surface area contributed by atoms with Gasteiger partial charge in [0.2, 0.25) is 0 Å². The lowest BCUT2D eigenvalue weighted by Crippen LogP contribution is -2.39. The van der Waals surface area contributed by atoms with Gasteiger partial charge in [0.1, 0.15) is 0 Å². The van der Waals surface area contributed by atoms with Gasteiger partial charge in [-0.25, -0.2) is 4.79 Å². The fraction of sp³-hybridized carbons (Fsp3) is 0.143. The molecular weight excluding hydrogens is 156 g/mol. The van der Waals surface area contributed by atoms with E-state index in [1.807, 2.05) is 0 Å².